The molecule has 0 unspecified atom stereocenters. The summed E-state index contributed by atoms with van der Waals surface area (Å²) in [5, 5.41) is 3.42. The highest BCUT2D eigenvalue weighted by Gasteiger charge is 2.19. The fourth-order valence-electron chi connectivity index (χ4n) is 2.68. The maximum absolute atomic E-state index is 5.46. The normalized spacial score (nSPS) is 17.1. The van der Waals surface area contributed by atoms with Crippen LogP contribution in [0.1, 0.15) is 48.6 Å². The van der Waals surface area contributed by atoms with Crippen molar-refractivity contribution in [3.63, 3.8) is 0 Å². The third-order valence-electron chi connectivity index (χ3n) is 3.90. The Labute approximate surface area is 106 Å². The van der Waals surface area contributed by atoms with E-state index in [-0.39, 0.29) is 0 Å². The molecule has 4 heteroatoms. The zero-order valence-corrected chi connectivity index (χ0v) is 11.1. The summed E-state index contributed by atoms with van der Waals surface area (Å²) in [6.45, 7) is 4.06. The average Bonchev–Trinajstić information content (AvgIpc) is 2.93. The molecule has 90 valence electrons. The summed E-state index contributed by atoms with van der Waals surface area (Å²) < 4.78 is 2.81. The lowest BCUT2D eigenvalue weighted by molar-refractivity contribution is 0.683. The topological polar surface area (TPSA) is 33.1 Å². The van der Waals surface area contributed by atoms with Gasteiger partial charge in [-0.1, -0.05) is 25.1 Å². The van der Waals surface area contributed by atoms with Crippen LogP contribution in [0.3, 0.4) is 0 Å². The van der Waals surface area contributed by atoms with Gasteiger partial charge in [0.15, 0.2) is 5.65 Å². The smallest absolute Gasteiger partial charge is 0.154 e. The fourth-order valence-corrected chi connectivity index (χ4v) is 2.97. The van der Waals surface area contributed by atoms with Crippen molar-refractivity contribution >= 4 is 17.9 Å². The summed E-state index contributed by atoms with van der Waals surface area (Å²) in [5.74, 6) is 0.673. The minimum atomic E-state index is 0.673. The number of aryl methyl sites for hydroxylation is 1. The highest BCUT2D eigenvalue weighted by Crippen LogP contribution is 2.33. The van der Waals surface area contributed by atoms with Crippen molar-refractivity contribution in [2.45, 2.75) is 45.4 Å². The maximum Gasteiger partial charge on any atom is 0.154 e. The Bertz CT molecular complexity index is 617. The second-order valence-corrected chi connectivity index (χ2v) is 5.40. The third-order valence-corrected chi connectivity index (χ3v) is 4.39. The Balaban J connectivity index is 2.18. The lowest BCUT2D eigenvalue weighted by Crippen LogP contribution is -1.99. The molecule has 0 radical (unpaired) electrons. The van der Waals surface area contributed by atoms with E-state index >= 15 is 0 Å². The minimum Gasteiger partial charge on any atom is -0.295 e. The van der Waals surface area contributed by atoms with Gasteiger partial charge in [-0.05, 0) is 26.7 Å². The van der Waals surface area contributed by atoms with E-state index in [9.17, 15) is 0 Å². The van der Waals surface area contributed by atoms with Crippen molar-refractivity contribution in [3.05, 3.63) is 27.7 Å². The average molecular weight is 247 g/mol. The molecule has 3 rings (SSSR count). The molecular formula is C13H17N3S. The molecule has 0 spiro atoms. The van der Waals surface area contributed by atoms with Crippen molar-refractivity contribution < 1.29 is 0 Å². The van der Waals surface area contributed by atoms with Crippen LogP contribution in [-0.4, -0.2) is 14.6 Å². The number of nitrogens with zero attached hydrogens (tertiary/aromatic N) is 2. The first-order valence-corrected chi connectivity index (χ1v) is 6.66. The number of fused-ring (bicyclic) bond motifs is 1. The van der Waals surface area contributed by atoms with Crippen LogP contribution in [0.4, 0.5) is 0 Å². The molecule has 0 aromatic carbocycles. The molecule has 1 aliphatic carbocycles. The van der Waals surface area contributed by atoms with Crippen LogP contribution in [0.5, 0.6) is 0 Å². The lowest BCUT2D eigenvalue weighted by Gasteiger charge is -2.04. The van der Waals surface area contributed by atoms with Crippen LogP contribution < -0.4 is 0 Å². The SMILES string of the molecule is Cc1nc2cc(C3CCCC3)[nH]n2c(=S)c1C. The zero-order valence-electron chi connectivity index (χ0n) is 10.3. The summed E-state index contributed by atoms with van der Waals surface area (Å²) >= 11 is 5.46. The molecule has 0 amide bonds. The zero-order chi connectivity index (χ0) is 12.0. The number of H-pyrrole nitrogens is 1. The fraction of sp³-hybridized carbons (Fsp3) is 0.538. The number of nitrogens with one attached hydrogen (secondary N) is 1. The number of hydrogen-bond acceptors (Lipinski definition) is 2. The Hall–Kier alpha value is -1.16. The molecule has 2 aromatic heterocycles. The first-order valence-electron chi connectivity index (χ1n) is 6.25. The first-order chi connectivity index (χ1) is 8.16. The van der Waals surface area contributed by atoms with E-state index in [1.807, 2.05) is 18.4 Å². The molecule has 3 nitrogen and oxygen atoms in total. The molecule has 0 aliphatic heterocycles. The Kier molecular flexibility index (Phi) is 2.54. The van der Waals surface area contributed by atoms with Crippen LogP contribution in [0.15, 0.2) is 6.07 Å². The molecule has 2 aromatic rings. The van der Waals surface area contributed by atoms with Gasteiger partial charge < -0.3 is 0 Å². The van der Waals surface area contributed by atoms with Crippen LogP contribution in [0, 0.1) is 18.5 Å². The Morgan fingerprint density at radius 2 is 2.06 bits per heavy atom. The summed E-state index contributed by atoms with van der Waals surface area (Å²) in [5.41, 5.74) is 4.38. The van der Waals surface area contributed by atoms with Crippen LogP contribution in [0.2, 0.25) is 0 Å². The van der Waals surface area contributed by atoms with Crippen molar-refractivity contribution in [2.24, 2.45) is 0 Å². The van der Waals surface area contributed by atoms with Crippen molar-refractivity contribution in [2.75, 3.05) is 0 Å². The molecule has 0 bridgehead atoms. The van der Waals surface area contributed by atoms with Gasteiger partial charge in [0.25, 0.3) is 0 Å². The molecular weight excluding hydrogens is 230 g/mol. The molecule has 1 N–H and O–H groups in total. The van der Waals surface area contributed by atoms with Crippen LogP contribution >= 0.6 is 12.2 Å². The third kappa shape index (κ3) is 1.71. The van der Waals surface area contributed by atoms with Gasteiger partial charge in [0.2, 0.25) is 0 Å². The molecule has 0 saturated heterocycles. The van der Waals surface area contributed by atoms with Gasteiger partial charge in [0.05, 0.1) is 0 Å². The summed E-state index contributed by atoms with van der Waals surface area (Å²) in [6.07, 6.45) is 5.27. The number of aromatic nitrogens is 3. The Morgan fingerprint density at radius 3 is 2.76 bits per heavy atom. The van der Waals surface area contributed by atoms with Gasteiger partial charge in [-0.3, -0.25) is 5.10 Å². The van der Waals surface area contributed by atoms with E-state index in [1.54, 1.807) is 0 Å². The molecule has 1 fully saturated rings. The van der Waals surface area contributed by atoms with E-state index in [1.165, 1.54) is 31.4 Å². The second kappa shape index (κ2) is 3.95. The standard InChI is InChI=1S/C13H17N3S/c1-8-9(2)14-12-7-11(10-5-3-4-6-10)15-16(12)13(8)17/h7,10,15H,3-6H2,1-2H3. The molecule has 17 heavy (non-hydrogen) atoms. The Morgan fingerprint density at radius 1 is 1.35 bits per heavy atom. The molecule has 0 atom stereocenters. The van der Waals surface area contributed by atoms with E-state index in [0.717, 1.165) is 21.5 Å². The largest absolute Gasteiger partial charge is 0.295 e. The maximum atomic E-state index is 5.46. The van der Waals surface area contributed by atoms with Crippen molar-refractivity contribution in [3.8, 4) is 0 Å². The van der Waals surface area contributed by atoms with Gasteiger partial charge in [-0.25, -0.2) is 9.50 Å². The predicted molar refractivity (Wildman–Crippen MR) is 71.1 cm³/mol. The van der Waals surface area contributed by atoms with E-state index < -0.39 is 0 Å². The van der Waals surface area contributed by atoms with Gasteiger partial charge >= 0.3 is 0 Å². The van der Waals surface area contributed by atoms with Gasteiger partial charge in [0, 0.05) is 28.9 Å². The molecule has 1 aliphatic rings. The number of hydrogen-bond donors (Lipinski definition) is 1. The van der Waals surface area contributed by atoms with Crippen molar-refractivity contribution in [1.29, 1.82) is 0 Å². The predicted octanol–water partition coefficient (Wildman–Crippen LogP) is 3.67. The molecule has 2 heterocycles. The van der Waals surface area contributed by atoms with Crippen molar-refractivity contribution in [1.82, 2.24) is 14.6 Å². The lowest BCUT2D eigenvalue weighted by atomic mass is 10.1. The minimum absolute atomic E-state index is 0.673. The van der Waals surface area contributed by atoms with E-state index in [0.29, 0.717) is 5.92 Å². The summed E-state index contributed by atoms with van der Waals surface area (Å²) in [7, 11) is 0. The van der Waals surface area contributed by atoms with Crippen LogP contribution in [0.25, 0.3) is 5.65 Å². The molecule has 1 saturated carbocycles. The van der Waals surface area contributed by atoms with E-state index in [2.05, 4.69) is 16.1 Å². The highest BCUT2D eigenvalue weighted by molar-refractivity contribution is 7.71. The van der Waals surface area contributed by atoms with E-state index in [4.69, 9.17) is 12.2 Å². The first kappa shape index (κ1) is 11.0. The number of rotatable bonds is 1. The van der Waals surface area contributed by atoms with Gasteiger partial charge in [-0.15, -0.1) is 0 Å². The summed E-state index contributed by atoms with van der Waals surface area (Å²) in [6, 6.07) is 2.16. The second-order valence-electron chi connectivity index (χ2n) is 5.01. The highest BCUT2D eigenvalue weighted by atomic mass is 32.1. The van der Waals surface area contributed by atoms with Crippen LogP contribution in [-0.2, 0) is 0 Å². The quantitative estimate of drug-likeness (QED) is 0.780. The van der Waals surface area contributed by atoms with Gasteiger partial charge in [0.1, 0.15) is 4.64 Å². The number of aromatic amines is 1. The summed E-state index contributed by atoms with van der Waals surface area (Å²) in [4.78, 5) is 4.59. The monoisotopic (exact) mass is 247 g/mol. The van der Waals surface area contributed by atoms with Gasteiger partial charge in [-0.2, -0.15) is 0 Å².